The SMILES string of the molecule is COc1cc(Nc2ncc(C(C)NC(=O)c3ccc(N=O)[nH]3)nn2)cc(OC)c1OC. The monoisotopic (exact) mass is 427 g/mol. The normalized spacial score (nSPS) is 11.4. The summed E-state index contributed by atoms with van der Waals surface area (Å²) in [5, 5.41) is 16.6. The fraction of sp³-hybridized carbons (Fsp3) is 0.263. The number of carbonyl (C=O) groups is 1. The first kappa shape index (κ1) is 21.5. The van der Waals surface area contributed by atoms with Crippen molar-refractivity contribution in [3.05, 3.63) is 46.8 Å². The number of ether oxygens (including phenoxy) is 3. The first-order valence-corrected chi connectivity index (χ1v) is 9.09. The zero-order chi connectivity index (χ0) is 22.4. The molecule has 1 unspecified atom stereocenters. The highest BCUT2D eigenvalue weighted by Gasteiger charge is 2.16. The van der Waals surface area contributed by atoms with Gasteiger partial charge in [0.2, 0.25) is 11.7 Å². The number of benzene rings is 1. The number of nitrogens with one attached hydrogen (secondary N) is 3. The Kier molecular flexibility index (Phi) is 6.60. The molecule has 0 saturated heterocycles. The van der Waals surface area contributed by atoms with Crippen molar-refractivity contribution in [3.8, 4) is 17.2 Å². The number of nitroso groups, excluding NO2 is 1. The van der Waals surface area contributed by atoms with E-state index >= 15 is 0 Å². The zero-order valence-electron chi connectivity index (χ0n) is 17.3. The van der Waals surface area contributed by atoms with Gasteiger partial charge in [-0.15, -0.1) is 15.1 Å². The molecule has 1 atom stereocenters. The van der Waals surface area contributed by atoms with Crippen LogP contribution in [0.15, 0.2) is 35.6 Å². The summed E-state index contributed by atoms with van der Waals surface area (Å²) in [5.41, 5.74) is 1.27. The van der Waals surface area contributed by atoms with E-state index in [4.69, 9.17) is 14.2 Å². The molecule has 0 saturated carbocycles. The Labute approximate surface area is 177 Å². The van der Waals surface area contributed by atoms with Crippen LogP contribution in [0.3, 0.4) is 0 Å². The van der Waals surface area contributed by atoms with Gasteiger partial charge in [0.25, 0.3) is 5.91 Å². The van der Waals surface area contributed by atoms with E-state index in [1.165, 1.54) is 39.7 Å². The minimum Gasteiger partial charge on any atom is -0.493 e. The van der Waals surface area contributed by atoms with Crippen molar-refractivity contribution >= 4 is 23.4 Å². The van der Waals surface area contributed by atoms with Gasteiger partial charge in [0.15, 0.2) is 17.3 Å². The number of aromatic amines is 1. The lowest BCUT2D eigenvalue weighted by Crippen LogP contribution is -2.27. The second-order valence-corrected chi connectivity index (χ2v) is 6.29. The van der Waals surface area contributed by atoms with Crippen molar-refractivity contribution < 1.29 is 19.0 Å². The van der Waals surface area contributed by atoms with Crippen molar-refractivity contribution in [2.75, 3.05) is 26.6 Å². The maximum Gasteiger partial charge on any atom is 0.268 e. The Morgan fingerprint density at radius 2 is 1.81 bits per heavy atom. The van der Waals surface area contributed by atoms with Crippen LogP contribution in [0.4, 0.5) is 17.5 Å². The molecule has 3 rings (SSSR count). The molecule has 0 aliphatic rings. The lowest BCUT2D eigenvalue weighted by atomic mass is 10.2. The van der Waals surface area contributed by atoms with Crippen LogP contribution < -0.4 is 24.8 Å². The standard InChI is InChI=1S/C19H21N7O5/c1-10(21-18(27)12-5-6-16(23-12)26-28)13-9-20-19(25-24-13)22-11-7-14(29-2)17(31-4)15(8-11)30-3/h5-10,23H,1-4H3,(H,21,27)(H,20,22,25). The molecule has 162 valence electrons. The molecule has 3 N–H and O–H groups in total. The molecule has 0 aliphatic heterocycles. The third-order valence-corrected chi connectivity index (χ3v) is 4.30. The second-order valence-electron chi connectivity index (χ2n) is 6.29. The van der Waals surface area contributed by atoms with Crippen molar-refractivity contribution in [1.82, 2.24) is 25.5 Å². The molecule has 3 aromatic rings. The van der Waals surface area contributed by atoms with Gasteiger partial charge in [-0.05, 0) is 24.2 Å². The van der Waals surface area contributed by atoms with Gasteiger partial charge in [-0.25, -0.2) is 4.98 Å². The van der Waals surface area contributed by atoms with E-state index in [0.717, 1.165) is 0 Å². The number of nitrogens with zero attached hydrogens (tertiary/aromatic N) is 4. The molecule has 2 aromatic heterocycles. The van der Waals surface area contributed by atoms with Gasteiger partial charge in [-0.2, -0.15) is 0 Å². The molecular weight excluding hydrogens is 406 g/mol. The van der Waals surface area contributed by atoms with E-state index in [1.807, 2.05) is 0 Å². The van der Waals surface area contributed by atoms with E-state index in [1.54, 1.807) is 19.1 Å². The lowest BCUT2D eigenvalue weighted by Gasteiger charge is -2.15. The van der Waals surface area contributed by atoms with Crippen LogP contribution in [0.2, 0.25) is 0 Å². The lowest BCUT2D eigenvalue weighted by molar-refractivity contribution is 0.0934. The van der Waals surface area contributed by atoms with Crippen molar-refractivity contribution in [2.45, 2.75) is 13.0 Å². The highest BCUT2D eigenvalue weighted by Crippen LogP contribution is 2.40. The Bertz CT molecular complexity index is 1040. The largest absolute Gasteiger partial charge is 0.493 e. The van der Waals surface area contributed by atoms with Crippen LogP contribution in [0.25, 0.3) is 0 Å². The van der Waals surface area contributed by atoms with Gasteiger partial charge in [0.05, 0.1) is 33.6 Å². The number of methoxy groups -OCH3 is 3. The molecule has 2 heterocycles. The third kappa shape index (κ3) is 4.86. The average Bonchev–Trinajstić information content (AvgIpc) is 3.28. The summed E-state index contributed by atoms with van der Waals surface area (Å²) in [5.74, 6) is 1.31. The topological polar surface area (TPSA) is 153 Å². The molecular formula is C19H21N7O5. The van der Waals surface area contributed by atoms with E-state index < -0.39 is 11.9 Å². The number of anilines is 2. The molecule has 0 fully saturated rings. The third-order valence-electron chi connectivity index (χ3n) is 4.30. The number of amides is 1. The molecule has 0 radical (unpaired) electrons. The highest BCUT2D eigenvalue weighted by molar-refractivity contribution is 5.93. The van der Waals surface area contributed by atoms with Crippen LogP contribution in [0.1, 0.15) is 29.1 Å². The number of rotatable bonds is 9. The van der Waals surface area contributed by atoms with Crippen LogP contribution >= 0.6 is 0 Å². The summed E-state index contributed by atoms with van der Waals surface area (Å²) in [7, 11) is 4.56. The molecule has 0 bridgehead atoms. The molecule has 0 spiro atoms. The van der Waals surface area contributed by atoms with Gasteiger partial charge in [-0.3, -0.25) is 4.79 Å². The first-order chi connectivity index (χ1) is 15.0. The Balaban J connectivity index is 1.70. The predicted octanol–water partition coefficient (Wildman–Crippen LogP) is 2.86. The Morgan fingerprint density at radius 1 is 1.10 bits per heavy atom. The summed E-state index contributed by atoms with van der Waals surface area (Å²) in [6.07, 6.45) is 1.49. The minimum absolute atomic E-state index is 0.0708. The van der Waals surface area contributed by atoms with Crippen LogP contribution in [-0.4, -0.2) is 47.4 Å². The number of aromatic nitrogens is 4. The average molecular weight is 427 g/mol. The minimum atomic E-state index is -0.473. The summed E-state index contributed by atoms with van der Waals surface area (Å²) in [6, 6.07) is 5.82. The van der Waals surface area contributed by atoms with E-state index in [9.17, 15) is 9.70 Å². The Hall–Kier alpha value is -4.22. The summed E-state index contributed by atoms with van der Waals surface area (Å²) in [6.45, 7) is 1.73. The number of carbonyl (C=O) groups excluding carboxylic acids is 1. The van der Waals surface area contributed by atoms with Crippen LogP contribution in [-0.2, 0) is 0 Å². The van der Waals surface area contributed by atoms with Crippen molar-refractivity contribution in [1.29, 1.82) is 0 Å². The maximum atomic E-state index is 12.2. The van der Waals surface area contributed by atoms with Gasteiger partial charge in [-0.1, -0.05) is 0 Å². The van der Waals surface area contributed by atoms with Gasteiger partial charge < -0.3 is 29.8 Å². The first-order valence-electron chi connectivity index (χ1n) is 9.09. The summed E-state index contributed by atoms with van der Waals surface area (Å²) >= 11 is 0. The molecule has 12 nitrogen and oxygen atoms in total. The second kappa shape index (κ2) is 9.52. The van der Waals surface area contributed by atoms with Crippen molar-refractivity contribution in [3.63, 3.8) is 0 Å². The fourth-order valence-corrected chi connectivity index (χ4v) is 2.74. The van der Waals surface area contributed by atoms with Crippen LogP contribution in [0.5, 0.6) is 17.2 Å². The fourth-order valence-electron chi connectivity index (χ4n) is 2.74. The van der Waals surface area contributed by atoms with Gasteiger partial charge in [0, 0.05) is 17.8 Å². The molecule has 12 heteroatoms. The molecule has 1 amide bonds. The smallest absolute Gasteiger partial charge is 0.268 e. The summed E-state index contributed by atoms with van der Waals surface area (Å²) in [4.78, 5) is 29.6. The van der Waals surface area contributed by atoms with Crippen molar-refractivity contribution in [2.24, 2.45) is 5.18 Å². The molecule has 1 aromatic carbocycles. The van der Waals surface area contributed by atoms with E-state index in [-0.39, 0.29) is 17.5 Å². The zero-order valence-corrected chi connectivity index (χ0v) is 17.3. The Morgan fingerprint density at radius 3 is 2.32 bits per heavy atom. The highest BCUT2D eigenvalue weighted by atomic mass is 16.5. The predicted molar refractivity (Wildman–Crippen MR) is 111 cm³/mol. The van der Waals surface area contributed by atoms with E-state index in [0.29, 0.717) is 28.6 Å². The van der Waals surface area contributed by atoms with E-state index in [2.05, 4.69) is 36.0 Å². The summed E-state index contributed by atoms with van der Waals surface area (Å²) < 4.78 is 15.9. The van der Waals surface area contributed by atoms with Crippen LogP contribution in [0, 0.1) is 4.91 Å². The molecule has 31 heavy (non-hydrogen) atoms. The number of H-pyrrole nitrogens is 1. The number of hydrogen-bond donors (Lipinski definition) is 3. The number of hydrogen-bond acceptors (Lipinski definition) is 10. The van der Waals surface area contributed by atoms with Gasteiger partial charge >= 0.3 is 0 Å². The van der Waals surface area contributed by atoms with Gasteiger partial charge in [0.1, 0.15) is 11.4 Å². The molecule has 0 aliphatic carbocycles. The quantitative estimate of drug-likeness (QED) is 0.437. The maximum absolute atomic E-state index is 12.2.